The lowest BCUT2D eigenvalue weighted by atomic mass is 10.5. The molecule has 5 heteroatoms. The van der Waals surface area contributed by atoms with Crippen LogP contribution in [0, 0.1) is 0 Å². The Morgan fingerprint density at radius 3 is 3.00 bits per heavy atom. The average Bonchev–Trinajstić information content (AvgIpc) is 2.31. The van der Waals surface area contributed by atoms with E-state index in [0.29, 0.717) is 6.54 Å². The Morgan fingerprint density at radius 2 is 2.55 bits per heavy atom. The van der Waals surface area contributed by atoms with Crippen LogP contribution in [0.2, 0.25) is 0 Å². The van der Waals surface area contributed by atoms with E-state index in [1.807, 2.05) is 11.4 Å². The Labute approximate surface area is 80.7 Å². The second kappa shape index (κ2) is 4.35. The molecule has 0 spiro atoms. The Morgan fingerprint density at radius 1 is 1.82 bits per heavy atom. The Hall–Kier alpha value is 0.290. The zero-order valence-electron chi connectivity index (χ0n) is 5.96. The van der Waals surface area contributed by atoms with Crippen LogP contribution < -0.4 is 4.72 Å². The second-order valence-corrected chi connectivity index (χ2v) is 5.11. The number of hydrogen-bond acceptors (Lipinski definition) is 2. The van der Waals surface area contributed by atoms with Gasteiger partial charge in [0.25, 0.3) is 0 Å². The molecule has 1 N–H and O–H groups in total. The molecule has 0 fully saturated rings. The number of halogens is 1. The normalized spacial score (nSPS) is 13.3. The van der Waals surface area contributed by atoms with Gasteiger partial charge < -0.3 is 0 Å². The first-order valence-corrected chi connectivity index (χ1v) is 6.21. The fraction of sp³-hybridized carbons (Fsp3) is 0.333. The topological polar surface area (TPSA) is 29.1 Å². The molecule has 0 saturated heterocycles. The van der Waals surface area contributed by atoms with Crippen molar-refractivity contribution in [3.8, 4) is 0 Å². The van der Waals surface area contributed by atoms with Crippen molar-refractivity contribution in [2.24, 2.45) is 0 Å². The Bertz CT molecular complexity index is 261. The number of nitrogens with one attached hydrogen (secondary N) is 1. The lowest BCUT2D eigenvalue weighted by molar-refractivity contribution is 0.676. The minimum atomic E-state index is -0.915. The summed E-state index contributed by atoms with van der Waals surface area (Å²) in [7, 11) is -0.915. The molecule has 0 amide bonds. The fourth-order valence-electron chi connectivity index (χ4n) is 0.619. The van der Waals surface area contributed by atoms with Crippen LogP contribution in [0.25, 0.3) is 0 Å². The zero-order chi connectivity index (χ0) is 8.27. The van der Waals surface area contributed by atoms with Gasteiger partial charge in [-0.1, -0.05) is 0 Å². The molecule has 0 aliphatic rings. The number of hydrogen-bond donors (Lipinski definition) is 1. The van der Waals surface area contributed by atoms with Gasteiger partial charge in [0.05, 0.1) is 11.0 Å². The van der Waals surface area contributed by atoms with Crippen LogP contribution in [0.5, 0.6) is 0 Å². The van der Waals surface area contributed by atoms with Crippen LogP contribution in [0.1, 0.15) is 4.88 Å². The van der Waals surface area contributed by atoms with Gasteiger partial charge in [-0.25, -0.2) is 8.93 Å². The fourth-order valence-corrected chi connectivity index (χ4v) is 2.46. The summed E-state index contributed by atoms with van der Waals surface area (Å²) < 4.78 is 14.5. The van der Waals surface area contributed by atoms with Gasteiger partial charge in [0.1, 0.15) is 0 Å². The summed E-state index contributed by atoms with van der Waals surface area (Å²) in [6.45, 7) is 0.680. The van der Waals surface area contributed by atoms with E-state index in [0.717, 1.165) is 4.47 Å². The van der Waals surface area contributed by atoms with Crippen LogP contribution in [-0.2, 0) is 17.5 Å². The average molecular weight is 254 g/mol. The van der Waals surface area contributed by atoms with E-state index < -0.39 is 11.0 Å². The number of thiophene rings is 1. The highest BCUT2D eigenvalue weighted by Crippen LogP contribution is 2.19. The quantitative estimate of drug-likeness (QED) is 0.876. The predicted octanol–water partition coefficient (Wildman–Crippen LogP) is 1.89. The van der Waals surface area contributed by atoms with Crippen molar-refractivity contribution in [2.45, 2.75) is 6.54 Å². The summed E-state index contributed by atoms with van der Waals surface area (Å²) in [4.78, 5) is 1.19. The maximum absolute atomic E-state index is 10.6. The third-order valence-electron chi connectivity index (χ3n) is 1.07. The standard InChI is InChI=1S/C6H8BrNOS2/c1-11(9)8-3-6-2-5(7)4-10-6/h2,4,8H,3H2,1H3. The lowest BCUT2D eigenvalue weighted by Gasteiger charge is -1.95. The molecule has 0 aliphatic heterocycles. The molecule has 11 heavy (non-hydrogen) atoms. The molecule has 62 valence electrons. The predicted molar refractivity (Wildman–Crippen MR) is 52.9 cm³/mol. The van der Waals surface area contributed by atoms with Gasteiger partial charge in [-0.05, 0) is 22.0 Å². The molecule has 0 radical (unpaired) electrons. The molecule has 1 heterocycles. The van der Waals surface area contributed by atoms with Gasteiger partial charge in [0.2, 0.25) is 0 Å². The molecule has 1 aromatic heterocycles. The summed E-state index contributed by atoms with van der Waals surface area (Å²) >= 11 is 4.99. The maximum Gasteiger partial charge on any atom is 0.0886 e. The van der Waals surface area contributed by atoms with E-state index in [-0.39, 0.29) is 0 Å². The van der Waals surface area contributed by atoms with Crippen LogP contribution in [-0.4, -0.2) is 10.5 Å². The number of rotatable bonds is 3. The molecule has 1 aromatic rings. The molecule has 0 aliphatic carbocycles. The summed E-state index contributed by atoms with van der Waals surface area (Å²) in [5.74, 6) is 0. The van der Waals surface area contributed by atoms with Gasteiger partial charge in [0, 0.05) is 27.5 Å². The van der Waals surface area contributed by atoms with Crippen molar-refractivity contribution >= 4 is 38.3 Å². The SMILES string of the molecule is CS(=O)NCc1cc(Br)cs1. The van der Waals surface area contributed by atoms with Gasteiger partial charge in [-0.2, -0.15) is 0 Å². The van der Waals surface area contributed by atoms with Gasteiger partial charge in [-0.3, -0.25) is 0 Å². The van der Waals surface area contributed by atoms with Crippen LogP contribution >= 0.6 is 27.3 Å². The minimum Gasteiger partial charge on any atom is -0.243 e. The third kappa shape index (κ3) is 3.46. The van der Waals surface area contributed by atoms with Gasteiger partial charge in [-0.15, -0.1) is 11.3 Å². The van der Waals surface area contributed by atoms with Crippen LogP contribution in [0.3, 0.4) is 0 Å². The molecule has 0 aromatic carbocycles. The third-order valence-corrected chi connectivity index (χ3v) is 3.32. The van der Waals surface area contributed by atoms with Crippen molar-refractivity contribution < 1.29 is 4.21 Å². The first-order chi connectivity index (χ1) is 5.18. The summed E-state index contributed by atoms with van der Waals surface area (Å²) in [6.07, 6.45) is 1.63. The lowest BCUT2D eigenvalue weighted by Crippen LogP contribution is -2.13. The zero-order valence-corrected chi connectivity index (χ0v) is 9.18. The molecule has 0 bridgehead atoms. The summed E-state index contributed by atoms with van der Waals surface area (Å²) in [5, 5.41) is 2.01. The smallest absolute Gasteiger partial charge is 0.0886 e. The minimum absolute atomic E-state index is 0.680. The Balaban J connectivity index is 2.45. The maximum atomic E-state index is 10.6. The highest BCUT2D eigenvalue weighted by molar-refractivity contribution is 9.10. The largest absolute Gasteiger partial charge is 0.243 e. The van der Waals surface area contributed by atoms with E-state index in [1.165, 1.54) is 4.88 Å². The van der Waals surface area contributed by atoms with E-state index in [1.54, 1.807) is 17.6 Å². The molecular weight excluding hydrogens is 246 g/mol. The monoisotopic (exact) mass is 253 g/mol. The van der Waals surface area contributed by atoms with Crippen molar-refractivity contribution in [1.82, 2.24) is 4.72 Å². The molecular formula is C6H8BrNOS2. The second-order valence-electron chi connectivity index (χ2n) is 2.01. The van der Waals surface area contributed by atoms with Crippen molar-refractivity contribution in [1.29, 1.82) is 0 Å². The van der Waals surface area contributed by atoms with Crippen molar-refractivity contribution in [2.75, 3.05) is 6.26 Å². The van der Waals surface area contributed by atoms with Crippen LogP contribution in [0.15, 0.2) is 15.9 Å². The van der Waals surface area contributed by atoms with Crippen molar-refractivity contribution in [3.63, 3.8) is 0 Å². The van der Waals surface area contributed by atoms with Gasteiger partial charge >= 0.3 is 0 Å². The molecule has 1 unspecified atom stereocenters. The van der Waals surface area contributed by atoms with E-state index in [9.17, 15) is 4.21 Å². The van der Waals surface area contributed by atoms with E-state index in [2.05, 4.69) is 20.7 Å². The Kier molecular flexibility index (Phi) is 3.71. The van der Waals surface area contributed by atoms with E-state index >= 15 is 0 Å². The van der Waals surface area contributed by atoms with Crippen LogP contribution in [0.4, 0.5) is 0 Å². The molecule has 1 atom stereocenters. The molecule has 2 nitrogen and oxygen atoms in total. The molecule has 1 rings (SSSR count). The first-order valence-electron chi connectivity index (χ1n) is 2.98. The first kappa shape index (κ1) is 9.38. The summed E-state index contributed by atoms with van der Waals surface area (Å²) in [6, 6.07) is 2.02. The highest BCUT2D eigenvalue weighted by Gasteiger charge is 1.96. The van der Waals surface area contributed by atoms with Crippen molar-refractivity contribution in [3.05, 3.63) is 20.8 Å². The highest BCUT2D eigenvalue weighted by atomic mass is 79.9. The van der Waals surface area contributed by atoms with E-state index in [4.69, 9.17) is 0 Å². The summed E-state index contributed by atoms with van der Waals surface area (Å²) in [5.41, 5.74) is 0. The van der Waals surface area contributed by atoms with Gasteiger partial charge in [0.15, 0.2) is 0 Å². The molecule has 0 saturated carbocycles.